The van der Waals surface area contributed by atoms with Crippen LogP contribution in [0.15, 0.2) is 72.9 Å². The molecular formula is C30H44O10. The molecule has 0 amide bonds. The van der Waals surface area contributed by atoms with Crippen LogP contribution in [0.2, 0.25) is 0 Å². The van der Waals surface area contributed by atoms with E-state index in [1.54, 1.807) is 54.7 Å². The first-order valence-corrected chi connectivity index (χ1v) is 13.7. The second-order valence-corrected chi connectivity index (χ2v) is 9.89. The van der Waals surface area contributed by atoms with Crippen molar-refractivity contribution in [1.29, 1.82) is 0 Å². The lowest BCUT2D eigenvalue weighted by Crippen LogP contribution is -2.59. The molecule has 4 unspecified atom stereocenters. The molecule has 2 heterocycles. The van der Waals surface area contributed by atoms with Crippen LogP contribution < -0.4 is 0 Å². The zero-order chi connectivity index (χ0) is 29.3. The molecule has 0 saturated carbocycles. The lowest BCUT2D eigenvalue weighted by atomic mass is 9.99. The molecule has 40 heavy (non-hydrogen) atoms. The first-order valence-electron chi connectivity index (χ1n) is 13.7. The van der Waals surface area contributed by atoms with E-state index in [1.807, 2.05) is 19.1 Å². The van der Waals surface area contributed by atoms with Crippen molar-refractivity contribution in [3.8, 4) is 0 Å². The maximum absolute atomic E-state index is 12.1. The van der Waals surface area contributed by atoms with Crippen molar-refractivity contribution >= 4 is 5.97 Å². The van der Waals surface area contributed by atoms with Gasteiger partial charge in [0.05, 0.1) is 31.0 Å². The Labute approximate surface area is 235 Å². The summed E-state index contributed by atoms with van der Waals surface area (Å²) in [5.41, 5.74) is 0. The van der Waals surface area contributed by atoms with Crippen molar-refractivity contribution in [2.75, 3.05) is 6.61 Å². The van der Waals surface area contributed by atoms with Crippen LogP contribution in [0.5, 0.6) is 0 Å². The van der Waals surface area contributed by atoms with E-state index in [9.17, 15) is 35.4 Å². The lowest BCUT2D eigenvalue weighted by molar-refractivity contribution is -0.307. The number of carbonyl (C=O) groups excluding carboxylic acids is 1. The molecule has 2 rings (SSSR count). The van der Waals surface area contributed by atoms with Gasteiger partial charge in [0.2, 0.25) is 0 Å². The molecule has 1 saturated heterocycles. The van der Waals surface area contributed by atoms with Crippen molar-refractivity contribution in [2.45, 2.75) is 101 Å². The Morgan fingerprint density at radius 3 is 2.35 bits per heavy atom. The molecule has 0 radical (unpaired) electrons. The van der Waals surface area contributed by atoms with Gasteiger partial charge in [-0.15, -0.1) is 0 Å². The predicted molar refractivity (Wildman–Crippen MR) is 149 cm³/mol. The summed E-state index contributed by atoms with van der Waals surface area (Å²) in [6, 6.07) is 0. The monoisotopic (exact) mass is 564 g/mol. The molecule has 6 N–H and O–H groups in total. The number of cyclic esters (lactones) is 1. The summed E-state index contributed by atoms with van der Waals surface area (Å²) in [5, 5.41) is 60.2. The highest BCUT2D eigenvalue weighted by Gasteiger charge is 2.44. The van der Waals surface area contributed by atoms with Crippen molar-refractivity contribution < 1.29 is 49.6 Å². The predicted octanol–water partition coefficient (Wildman–Crippen LogP) is 1.52. The van der Waals surface area contributed by atoms with Crippen LogP contribution in [0.25, 0.3) is 0 Å². The Morgan fingerprint density at radius 1 is 0.875 bits per heavy atom. The summed E-state index contributed by atoms with van der Waals surface area (Å²) in [6.07, 6.45) is 13.9. The van der Waals surface area contributed by atoms with Crippen molar-refractivity contribution in [3.05, 3.63) is 72.9 Å². The maximum atomic E-state index is 12.1. The van der Waals surface area contributed by atoms with Gasteiger partial charge >= 0.3 is 5.97 Å². The van der Waals surface area contributed by atoms with Crippen LogP contribution in [0.4, 0.5) is 0 Å². The number of esters is 1. The van der Waals surface area contributed by atoms with Crippen LogP contribution in [0.1, 0.15) is 45.4 Å². The first kappa shape index (κ1) is 33.8. The van der Waals surface area contributed by atoms with E-state index in [2.05, 4.69) is 0 Å². The number of ether oxygens (including phenoxy) is 3. The number of carbonyl (C=O) groups is 1. The van der Waals surface area contributed by atoms with Gasteiger partial charge in [-0.05, 0) is 39.0 Å². The van der Waals surface area contributed by atoms with Crippen molar-refractivity contribution in [1.82, 2.24) is 0 Å². The average Bonchev–Trinajstić information content (AvgIpc) is 2.91. The topological polar surface area (TPSA) is 166 Å². The molecule has 224 valence electrons. The minimum Gasteiger partial charge on any atom is -0.460 e. The normalized spacial score (nSPS) is 40.6. The van der Waals surface area contributed by atoms with Crippen molar-refractivity contribution in [3.63, 3.8) is 0 Å². The van der Waals surface area contributed by atoms with Crippen LogP contribution in [-0.4, -0.2) is 98.3 Å². The maximum Gasteiger partial charge on any atom is 0.331 e. The third kappa shape index (κ3) is 12.8. The van der Waals surface area contributed by atoms with Gasteiger partial charge < -0.3 is 44.8 Å². The molecular weight excluding hydrogens is 520 g/mol. The number of aliphatic hydroxyl groups excluding tert-OH is 6. The highest BCUT2D eigenvalue weighted by Crippen LogP contribution is 2.24. The fourth-order valence-electron chi connectivity index (χ4n) is 4.10. The van der Waals surface area contributed by atoms with Gasteiger partial charge in [0.15, 0.2) is 6.29 Å². The van der Waals surface area contributed by atoms with Crippen molar-refractivity contribution in [2.24, 2.45) is 0 Å². The van der Waals surface area contributed by atoms with Crippen LogP contribution >= 0.6 is 0 Å². The zero-order valence-corrected chi connectivity index (χ0v) is 22.9. The van der Waals surface area contributed by atoms with E-state index in [-0.39, 0.29) is 12.5 Å². The number of allylic oxidation sites excluding steroid dienone is 7. The van der Waals surface area contributed by atoms with Gasteiger partial charge in [0.25, 0.3) is 0 Å². The van der Waals surface area contributed by atoms with Crippen LogP contribution in [0, 0.1) is 0 Å². The van der Waals surface area contributed by atoms with Crippen LogP contribution in [0.3, 0.4) is 0 Å². The van der Waals surface area contributed by atoms with Crippen LogP contribution in [-0.2, 0) is 19.0 Å². The molecule has 10 heteroatoms. The number of hydrogen-bond donors (Lipinski definition) is 6. The highest BCUT2D eigenvalue weighted by molar-refractivity contribution is 5.82. The highest BCUT2D eigenvalue weighted by atomic mass is 16.7. The molecule has 0 aromatic carbocycles. The third-order valence-electron chi connectivity index (χ3n) is 6.38. The van der Waals surface area contributed by atoms with Gasteiger partial charge in [-0.25, -0.2) is 4.79 Å². The first-order chi connectivity index (χ1) is 19.2. The number of hydrogen-bond acceptors (Lipinski definition) is 10. The molecule has 0 spiro atoms. The summed E-state index contributed by atoms with van der Waals surface area (Å²) in [7, 11) is 0. The smallest absolute Gasteiger partial charge is 0.331 e. The zero-order valence-electron chi connectivity index (χ0n) is 22.9. The van der Waals surface area contributed by atoms with E-state index in [1.165, 1.54) is 6.08 Å². The Morgan fingerprint density at radius 2 is 1.57 bits per heavy atom. The minimum absolute atomic E-state index is 0.183. The van der Waals surface area contributed by atoms with E-state index >= 15 is 0 Å². The van der Waals surface area contributed by atoms with E-state index < -0.39 is 61.6 Å². The molecule has 0 aromatic rings. The summed E-state index contributed by atoms with van der Waals surface area (Å²) in [5.74, 6) is -0.458. The van der Waals surface area contributed by atoms with E-state index in [0.717, 1.165) is 12.8 Å². The SMILES string of the molecule is CC1CCC/C=C/C=C/C(O)CC(O)C/C=C\C=C\C(O[C@@H]2O[C@H](CO)[C@@H](O)[C@H](O)[C@H]2O)C/C=C/C=C/C(=O)O1. The molecule has 10 nitrogen and oxygen atoms in total. The van der Waals surface area contributed by atoms with Gasteiger partial charge in [-0.1, -0.05) is 66.8 Å². The Balaban J connectivity index is 2.12. The standard InChI is InChI=1S/C30H44O10/c1-21-13-7-3-2-4-8-14-22(32)19-23(33)15-9-5-10-16-24(17-11-6-12-18-26(34)38-21)39-30-29(37)28(36)27(35)25(20-31)40-30/h2,4-6,8-12,14,16,18,21-25,27-33,35-37H,3,7,13,15,17,19-20H2,1H3/b4-2+,9-5-,11-6+,14-8+,16-10+,18-12+/t21?,22?,23?,24?,25-,27-,28+,29-,30-/m1/s1. The molecule has 1 fully saturated rings. The molecule has 2 aliphatic rings. The number of aliphatic hydroxyl groups is 6. The average molecular weight is 565 g/mol. The van der Waals surface area contributed by atoms with Gasteiger partial charge in [-0.2, -0.15) is 0 Å². The molecule has 0 bridgehead atoms. The second kappa shape index (κ2) is 18.8. The fraction of sp³-hybridized carbons (Fsp3) is 0.567. The quantitative estimate of drug-likeness (QED) is 0.277. The summed E-state index contributed by atoms with van der Waals surface area (Å²) in [6.45, 7) is 1.26. The summed E-state index contributed by atoms with van der Waals surface area (Å²) in [4.78, 5) is 12.1. The Bertz CT molecular complexity index is 906. The summed E-state index contributed by atoms with van der Waals surface area (Å²) < 4.78 is 16.7. The molecule has 9 atom stereocenters. The largest absolute Gasteiger partial charge is 0.460 e. The molecule has 0 aromatic heterocycles. The third-order valence-corrected chi connectivity index (χ3v) is 6.38. The fourth-order valence-corrected chi connectivity index (χ4v) is 4.10. The Kier molecular flexibility index (Phi) is 15.9. The second-order valence-electron chi connectivity index (χ2n) is 9.89. The number of rotatable bonds is 3. The summed E-state index contributed by atoms with van der Waals surface area (Å²) >= 11 is 0. The molecule has 2 aliphatic heterocycles. The molecule has 0 aliphatic carbocycles. The van der Waals surface area contributed by atoms with E-state index in [0.29, 0.717) is 19.3 Å². The minimum atomic E-state index is -1.57. The lowest BCUT2D eigenvalue weighted by Gasteiger charge is -2.40. The van der Waals surface area contributed by atoms with Gasteiger partial charge in [0.1, 0.15) is 24.4 Å². The van der Waals surface area contributed by atoms with Gasteiger partial charge in [0, 0.05) is 12.5 Å². The Hall–Kier alpha value is -2.41. The van der Waals surface area contributed by atoms with E-state index in [4.69, 9.17) is 14.2 Å². The van der Waals surface area contributed by atoms with Gasteiger partial charge in [-0.3, -0.25) is 0 Å².